The van der Waals surface area contributed by atoms with Crippen LogP contribution in [0.25, 0.3) is 0 Å². The molecule has 0 saturated heterocycles. The molecule has 0 spiro atoms. The lowest BCUT2D eigenvalue weighted by atomic mass is 10.1. The lowest BCUT2D eigenvalue weighted by molar-refractivity contribution is -0.139. The van der Waals surface area contributed by atoms with Crippen LogP contribution in [0.15, 0.2) is 18.2 Å². The lowest BCUT2D eigenvalue weighted by Gasteiger charge is -2.14. The zero-order chi connectivity index (χ0) is 16.0. The summed E-state index contributed by atoms with van der Waals surface area (Å²) in [6.45, 7) is 0. The van der Waals surface area contributed by atoms with Crippen molar-refractivity contribution in [3.05, 3.63) is 29.0 Å². The van der Waals surface area contributed by atoms with Crippen LogP contribution in [0, 0.1) is 5.82 Å². The predicted octanol–water partition coefficient (Wildman–Crippen LogP) is 1.32. The predicted molar refractivity (Wildman–Crippen MR) is 73.4 cm³/mol. The molecule has 1 aromatic carbocycles. The summed E-state index contributed by atoms with van der Waals surface area (Å²) in [5.74, 6) is -2.71. The highest BCUT2D eigenvalue weighted by atomic mass is 35.5. The van der Waals surface area contributed by atoms with Crippen molar-refractivity contribution in [3.63, 3.8) is 0 Å². The number of carbonyl (C=O) groups excluding carboxylic acids is 2. The van der Waals surface area contributed by atoms with Gasteiger partial charge >= 0.3 is 12.0 Å². The van der Waals surface area contributed by atoms with E-state index in [1.807, 2.05) is 0 Å². The number of carboxylic acids is 1. The van der Waals surface area contributed by atoms with Gasteiger partial charge in [-0.2, -0.15) is 0 Å². The molecule has 0 aliphatic carbocycles. The van der Waals surface area contributed by atoms with Crippen molar-refractivity contribution >= 4 is 35.2 Å². The standard InChI is InChI=1S/C12H13ClFN3O4/c13-7-2-1-6(5-8(7)14)16-12(21)17-9(11(19)20)3-4-10(15)18/h1-2,5,9H,3-4H2,(H2,15,18)(H,19,20)(H2,16,17,21). The maximum Gasteiger partial charge on any atom is 0.326 e. The van der Waals surface area contributed by atoms with E-state index in [-0.39, 0.29) is 23.6 Å². The maximum atomic E-state index is 13.2. The van der Waals surface area contributed by atoms with Crippen LogP contribution in [0.4, 0.5) is 14.9 Å². The quantitative estimate of drug-likeness (QED) is 0.632. The Morgan fingerprint density at radius 1 is 1.38 bits per heavy atom. The molecule has 0 aliphatic heterocycles. The average molecular weight is 318 g/mol. The molecule has 1 rings (SSSR count). The fourth-order valence-corrected chi connectivity index (χ4v) is 1.56. The van der Waals surface area contributed by atoms with E-state index in [4.69, 9.17) is 22.4 Å². The van der Waals surface area contributed by atoms with Crippen LogP contribution in [0.5, 0.6) is 0 Å². The number of halogens is 2. The molecule has 1 unspecified atom stereocenters. The SMILES string of the molecule is NC(=O)CCC(NC(=O)Nc1ccc(Cl)c(F)c1)C(=O)O. The summed E-state index contributed by atoms with van der Waals surface area (Å²) < 4.78 is 13.2. The summed E-state index contributed by atoms with van der Waals surface area (Å²) in [5, 5.41) is 13.2. The minimum atomic E-state index is -1.31. The van der Waals surface area contributed by atoms with Gasteiger partial charge in [0.2, 0.25) is 5.91 Å². The molecule has 0 fully saturated rings. The van der Waals surface area contributed by atoms with Gasteiger partial charge in [0.05, 0.1) is 5.02 Å². The van der Waals surface area contributed by atoms with Crippen LogP contribution in [0.2, 0.25) is 5.02 Å². The van der Waals surface area contributed by atoms with E-state index in [9.17, 15) is 18.8 Å². The Kier molecular flexibility index (Phi) is 5.92. The third kappa shape index (κ3) is 5.65. The Balaban J connectivity index is 2.62. The molecule has 21 heavy (non-hydrogen) atoms. The summed E-state index contributed by atoms with van der Waals surface area (Å²) in [6.07, 6.45) is -0.333. The molecule has 1 aromatic rings. The van der Waals surface area contributed by atoms with Crippen molar-refractivity contribution in [2.75, 3.05) is 5.32 Å². The van der Waals surface area contributed by atoms with E-state index in [1.165, 1.54) is 12.1 Å². The van der Waals surface area contributed by atoms with E-state index in [1.54, 1.807) is 0 Å². The van der Waals surface area contributed by atoms with Gasteiger partial charge in [-0.1, -0.05) is 11.6 Å². The third-order valence-corrected chi connectivity index (χ3v) is 2.77. The van der Waals surface area contributed by atoms with E-state index < -0.39 is 29.8 Å². The van der Waals surface area contributed by atoms with Crippen LogP contribution in [0.3, 0.4) is 0 Å². The molecule has 0 aliphatic rings. The van der Waals surface area contributed by atoms with Crippen molar-refractivity contribution in [2.24, 2.45) is 5.73 Å². The zero-order valence-electron chi connectivity index (χ0n) is 10.7. The number of rotatable bonds is 6. The van der Waals surface area contributed by atoms with E-state index >= 15 is 0 Å². The Labute approximate surface area is 124 Å². The smallest absolute Gasteiger partial charge is 0.326 e. The van der Waals surface area contributed by atoms with Crippen molar-refractivity contribution in [3.8, 4) is 0 Å². The summed E-state index contributed by atoms with van der Waals surface area (Å²) in [4.78, 5) is 33.2. The summed E-state index contributed by atoms with van der Waals surface area (Å²) in [7, 11) is 0. The van der Waals surface area contributed by atoms with Crippen LogP contribution in [-0.4, -0.2) is 29.1 Å². The number of hydrogen-bond acceptors (Lipinski definition) is 3. The Hall–Kier alpha value is -2.35. The molecule has 0 saturated carbocycles. The highest BCUT2D eigenvalue weighted by Crippen LogP contribution is 2.18. The van der Waals surface area contributed by atoms with Crippen molar-refractivity contribution in [1.29, 1.82) is 0 Å². The molecule has 7 nitrogen and oxygen atoms in total. The molecule has 114 valence electrons. The molecular formula is C12H13ClFN3O4. The van der Waals surface area contributed by atoms with Gasteiger partial charge in [-0.3, -0.25) is 4.79 Å². The normalized spacial score (nSPS) is 11.5. The Morgan fingerprint density at radius 2 is 2.05 bits per heavy atom. The number of anilines is 1. The third-order valence-electron chi connectivity index (χ3n) is 2.46. The second kappa shape index (κ2) is 7.44. The fraction of sp³-hybridized carbons (Fsp3) is 0.250. The molecule has 9 heteroatoms. The Morgan fingerprint density at radius 3 is 2.57 bits per heavy atom. The molecule has 0 bridgehead atoms. The van der Waals surface area contributed by atoms with E-state index in [0.717, 1.165) is 6.07 Å². The van der Waals surface area contributed by atoms with Crippen molar-refractivity contribution in [2.45, 2.75) is 18.9 Å². The number of aliphatic carboxylic acids is 1. The molecule has 3 amide bonds. The highest BCUT2D eigenvalue weighted by Gasteiger charge is 2.20. The van der Waals surface area contributed by atoms with Gasteiger partial charge in [-0.25, -0.2) is 14.0 Å². The molecule has 5 N–H and O–H groups in total. The van der Waals surface area contributed by atoms with Gasteiger partial charge in [0.25, 0.3) is 0 Å². The van der Waals surface area contributed by atoms with E-state index in [2.05, 4.69) is 10.6 Å². The first kappa shape index (κ1) is 16.7. The van der Waals surface area contributed by atoms with Gasteiger partial charge in [-0.15, -0.1) is 0 Å². The summed E-state index contributed by atoms with van der Waals surface area (Å²) >= 11 is 5.49. The second-order valence-electron chi connectivity index (χ2n) is 4.12. The molecule has 0 radical (unpaired) electrons. The number of hydrogen-bond donors (Lipinski definition) is 4. The number of nitrogens with two attached hydrogens (primary N) is 1. The van der Waals surface area contributed by atoms with Crippen LogP contribution in [0.1, 0.15) is 12.8 Å². The number of carboxylic acid groups (broad SMARTS) is 1. The molecule has 1 atom stereocenters. The second-order valence-corrected chi connectivity index (χ2v) is 4.53. The average Bonchev–Trinajstić information content (AvgIpc) is 2.38. The van der Waals surface area contributed by atoms with Gasteiger partial charge in [-0.05, 0) is 24.6 Å². The van der Waals surface area contributed by atoms with Gasteiger partial charge in [0.1, 0.15) is 11.9 Å². The van der Waals surface area contributed by atoms with E-state index in [0.29, 0.717) is 0 Å². The van der Waals surface area contributed by atoms with Gasteiger partial charge < -0.3 is 21.5 Å². The summed E-state index contributed by atoms with van der Waals surface area (Å²) in [5.41, 5.74) is 5.02. The minimum absolute atomic E-state index is 0.105. The topological polar surface area (TPSA) is 122 Å². The number of carbonyl (C=O) groups is 3. The number of amides is 3. The first-order chi connectivity index (χ1) is 9.79. The number of primary amides is 1. The minimum Gasteiger partial charge on any atom is -0.480 e. The van der Waals surface area contributed by atoms with Crippen LogP contribution >= 0.6 is 11.6 Å². The first-order valence-corrected chi connectivity index (χ1v) is 6.21. The number of urea groups is 1. The maximum absolute atomic E-state index is 13.2. The molecule has 0 aromatic heterocycles. The number of benzene rings is 1. The number of nitrogens with one attached hydrogen (secondary N) is 2. The fourth-order valence-electron chi connectivity index (χ4n) is 1.44. The lowest BCUT2D eigenvalue weighted by Crippen LogP contribution is -2.43. The molecular weight excluding hydrogens is 305 g/mol. The summed E-state index contributed by atoms with van der Waals surface area (Å²) in [6, 6.07) is 1.45. The highest BCUT2D eigenvalue weighted by molar-refractivity contribution is 6.30. The Bertz CT molecular complexity index is 567. The first-order valence-electron chi connectivity index (χ1n) is 5.83. The van der Waals surface area contributed by atoms with Crippen LogP contribution in [-0.2, 0) is 9.59 Å². The van der Waals surface area contributed by atoms with Crippen LogP contribution < -0.4 is 16.4 Å². The van der Waals surface area contributed by atoms with Gasteiger partial charge in [0, 0.05) is 12.1 Å². The zero-order valence-corrected chi connectivity index (χ0v) is 11.5. The van der Waals surface area contributed by atoms with Gasteiger partial charge in [0.15, 0.2) is 0 Å². The largest absolute Gasteiger partial charge is 0.480 e. The monoisotopic (exact) mass is 317 g/mol. The van der Waals surface area contributed by atoms with Crippen molar-refractivity contribution in [1.82, 2.24) is 5.32 Å². The van der Waals surface area contributed by atoms with Crippen molar-refractivity contribution < 1.29 is 23.9 Å². The molecule has 0 heterocycles.